The molecule has 1 fully saturated rings. The number of para-hydroxylation sites is 1. The van der Waals surface area contributed by atoms with Gasteiger partial charge in [0.05, 0.1) is 27.4 Å². The Morgan fingerprint density at radius 3 is 2.33 bits per heavy atom. The summed E-state index contributed by atoms with van der Waals surface area (Å²) in [6.07, 6.45) is 3.09. The zero-order valence-electron chi connectivity index (χ0n) is 13.0. The summed E-state index contributed by atoms with van der Waals surface area (Å²) >= 11 is 0. The summed E-state index contributed by atoms with van der Waals surface area (Å²) in [5, 5.41) is 13.1. The van der Waals surface area contributed by atoms with Gasteiger partial charge in [0.2, 0.25) is 5.75 Å². The summed E-state index contributed by atoms with van der Waals surface area (Å²) < 4.78 is 16.5. The van der Waals surface area contributed by atoms with Gasteiger partial charge < -0.3 is 24.6 Å². The first-order chi connectivity index (χ1) is 10.1. The Labute approximate surface area is 126 Å². The zero-order valence-corrected chi connectivity index (χ0v) is 13.0. The third-order valence-corrected chi connectivity index (χ3v) is 3.76. The van der Waals surface area contributed by atoms with Crippen molar-refractivity contribution in [2.45, 2.75) is 37.8 Å². The van der Waals surface area contributed by atoms with Crippen molar-refractivity contribution >= 4 is 0 Å². The van der Waals surface area contributed by atoms with Crippen LogP contribution in [-0.2, 0) is 0 Å². The standard InChI is InChI=1S/C16H25NO4/c1-16(11-18,17-12-7-8-12)9-10-21-15-13(19-2)5-4-6-14(15)20-3/h4-6,12,17-18H,7-11H2,1-3H3. The van der Waals surface area contributed by atoms with Crippen LogP contribution in [0.1, 0.15) is 26.2 Å². The Morgan fingerprint density at radius 1 is 1.24 bits per heavy atom. The van der Waals surface area contributed by atoms with E-state index < -0.39 is 0 Å². The molecule has 0 aromatic heterocycles. The van der Waals surface area contributed by atoms with Crippen molar-refractivity contribution < 1.29 is 19.3 Å². The van der Waals surface area contributed by atoms with E-state index in [2.05, 4.69) is 5.32 Å². The number of benzene rings is 1. The molecule has 1 aromatic rings. The molecule has 1 saturated carbocycles. The van der Waals surface area contributed by atoms with Gasteiger partial charge in [-0.15, -0.1) is 0 Å². The number of nitrogens with one attached hydrogen (secondary N) is 1. The molecule has 0 heterocycles. The van der Waals surface area contributed by atoms with E-state index in [9.17, 15) is 5.11 Å². The van der Waals surface area contributed by atoms with Crippen LogP contribution in [0, 0.1) is 0 Å². The summed E-state index contributed by atoms with van der Waals surface area (Å²) in [7, 11) is 3.21. The molecule has 0 bridgehead atoms. The maximum atomic E-state index is 9.59. The molecule has 1 atom stereocenters. The molecule has 1 aliphatic rings. The van der Waals surface area contributed by atoms with Gasteiger partial charge >= 0.3 is 0 Å². The lowest BCUT2D eigenvalue weighted by atomic mass is 9.99. The maximum absolute atomic E-state index is 9.59. The van der Waals surface area contributed by atoms with Crippen LogP contribution in [0.4, 0.5) is 0 Å². The van der Waals surface area contributed by atoms with Crippen LogP contribution in [0.2, 0.25) is 0 Å². The third-order valence-electron chi connectivity index (χ3n) is 3.76. The highest BCUT2D eigenvalue weighted by molar-refractivity contribution is 5.51. The minimum atomic E-state index is -0.309. The normalized spacial score (nSPS) is 17.1. The lowest BCUT2D eigenvalue weighted by molar-refractivity contribution is 0.140. The van der Waals surface area contributed by atoms with Crippen LogP contribution in [0.15, 0.2) is 18.2 Å². The van der Waals surface area contributed by atoms with E-state index in [4.69, 9.17) is 14.2 Å². The minimum absolute atomic E-state index is 0.0932. The molecule has 0 aliphatic heterocycles. The van der Waals surface area contributed by atoms with Crippen LogP contribution in [-0.4, -0.2) is 44.1 Å². The number of methoxy groups -OCH3 is 2. The van der Waals surface area contributed by atoms with E-state index in [1.165, 1.54) is 12.8 Å². The minimum Gasteiger partial charge on any atom is -0.493 e. The maximum Gasteiger partial charge on any atom is 0.203 e. The van der Waals surface area contributed by atoms with E-state index in [0.717, 1.165) is 0 Å². The molecule has 2 N–H and O–H groups in total. The number of hydrogen-bond acceptors (Lipinski definition) is 5. The fourth-order valence-electron chi connectivity index (χ4n) is 2.26. The zero-order chi connectivity index (χ0) is 15.3. The van der Waals surface area contributed by atoms with Gasteiger partial charge in [-0.3, -0.25) is 0 Å². The molecule has 0 radical (unpaired) electrons. The van der Waals surface area contributed by atoms with E-state index in [1.54, 1.807) is 14.2 Å². The fourth-order valence-corrected chi connectivity index (χ4v) is 2.26. The first-order valence-corrected chi connectivity index (χ1v) is 7.34. The molecule has 2 rings (SSSR count). The summed E-state index contributed by atoms with van der Waals surface area (Å²) in [6, 6.07) is 6.08. The molecule has 0 saturated heterocycles. The van der Waals surface area contributed by atoms with E-state index >= 15 is 0 Å². The summed E-state index contributed by atoms with van der Waals surface area (Å²) in [5.41, 5.74) is -0.309. The highest BCUT2D eigenvalue weighted by Gasteiger charge is 2.32. The topological polar surface area (TPSA) is 60.0 Å². The quantitative estimate of drug-likeness (QED) is 0.729. The SMILES string of the molecule is COc1cccc(OC)c1OCCC(C)(CO)NC1CC1. The molecule has 5 nitrogen and oxygen atoms in total. The Balaban J connectivity index is 1.95. The number of aliphatic hydroxyl groups excluding tert-OH is 1. The molecular formula is C16H25NO4. The number of hydrogen-bond donors (Lipinski definition) is 2. The van der Waals surface area contributed by atoms with Crippen LogP contribution < -0.4 is 19.5 Å². The van der Waals surface area contributed by atoms with Gasteiger partial charge in [0.1, 0.15) is 0 Å². The van der Waals surface area contributed by atoms with Gasteiger partial charge in [-0.1, -0.05) is 6.07 Å². The van der Waals surface area contributed by atoms with Crippen molar-refractivity contribution in [1.29, 1.82) is 0 Å². The summed E-state index contributed by atoms with van der Waals surface area (Å²) in [6.45, 7) is 2.59. The van der Waals surface area contributed by atoms with Crippen molar-refractivity contribution in [1.82, 2.24) is 5.32 Å². The Hall–Kier alpha value is -1.46. The van der Waals surface area contributed by atoms with Crippen molar-refractivity contribution in [2.24, 2.45) is 0 Å². The van der Waals surface area contributed by atoms with E-state index in [0.29, 0.717) is 36.3 Å². The van der Waals surface area contributed by atoms with Gasteiger partial charge in [-0.25, -0.2) is 0 Å². The third kappa shape index (κ3) is 4.25. The van der Waals surface area contributed by atoms with Crippen molar-refractivity contribution in [3.8, 4) is 17.2 Å². The molecule has 1 aromatic carbocycles. The van der Waals surface area contributed by atoms with Crippen LogP contribution in [0.3, 0.4) is 0 Å². The van der Waals surface area contributed by atoms with Crippen LogP contribution in [0.25, 0.3) is 0 Å². The number of aliphatic hydroxyl groups is 1. The van der Waals surface area contributed by atoms with Gasteiger partial charge in [0, 0.05) is 18.0 Å². The molecule has 5 heteroatoms. The molecule has 118 valence electrons. The lowest BCUT2D eigenvalue weighted by Gasteiger charge is -2.29. The first-order valence-electron chi connectivity index (χ1n) is 7.34. The highest BCUT2D eigenvalue weighted by atomic mass is 16.5. The lowest BCUT2D eigenvalue weighted by Crippen LogP contribution is -2.48. The predicted molar refractivity (Wildman–Crippen MR) is 81.3 cm³/mol. The molecule has 1 unspecified atom stereocenters. The van der Waals surface area contributed by atoms with Crippen molar-refractivity contribution in [2.75, 3.05) is 27.4 Å². The average Bonchev–Trinajstić information content (AvgIpc) is 3.31. The van der Waals surface area contributed by atoms with Crippen LogP contribution in [0.5, 0.6) is 17.2 Å². The second-order valence-corrected chi connectivity index (χ2v) is 5.73. The second kappa shape index (κ2) is 7.00. The summed E-state index contributed by atoms with van der Waals surface area (Å²) in [5.74, 6) is 1.90. The number of rotatable bonds is 9. The largest absolute Gasteiger partial charge is 0.493 e. The fraction of sp³-hybridized carbons (Fsp3) is 0.625. The van der Waals surface area contributed by atoms with Crippen molar-refractivity contribution in [3.63, 3.8) is 0 Å². The number of ether oxygens (including phenoxy) is 3. The van der Waals surface area contributed by atoms with Gasteiger partial charge in [0.15, 0.2) is 11.5 Å². The van der Waals surface area contributed by atoms with Gasteiger partial charge in [-0.2, -0.15) is 0 Å². The van der Waals surface area contributed by atoms with Crippen LogP contribution >= 0.6 is 0 Å². The van der Waals surface area contributed by atoms with Gasteiger partial charge in [0.25, 0.3) is 0 Å². The first kappa shape index (κ1) is 15.9. The van der Waals surface area contributed by atoms with E-state index in [-0.39, 0.29) is 12.1 Å². The molecular weight excluding hydrogens is 270 g/mol. The molecule has 0 spiro atoms. The smallest absolute Gasteiger partial charge is 0.203 e. The molecule has 1 aliphatic carbocycles. The second-order valence-electron chi connectivity index (χ2n) is 5.73. The van der Waals surface area contributed by atoms with Gasteiger partial charge in [-0.05, 0) is 31.9 Å². The van der Waals surface area contributed by atoms with E-state index in [1.807, 2.05) is 25.1 Å². The average molecular weight is 295 g/mol. The highest BCUT2D eigenvalue weighted by Crippen LogP contribution is 2.37. The Kier molecular flexibility index (Phi) is 5.31. The monoisotopic (exact) mass is 295 g/mol. The Bertz CT molecular complexity index is 439. The molecule has 0 amide bonds. The van der Waals surface area contributed by atoms with Crippen molar-refractivity contribution in [3.05, 3.63) is 18.2 Å². The molecule has 21 heavy (non-hydrogen) atoms. The predicted octanol–water partition coefficient (Wildman–Crippen LogP) is 1.98. The Morgan fingerprint density at radius 2 is 1.86 bits per heavy atom. The summed E-state index contributed by atoms with van der Waals surface area (Å²) in [4.78, 5) is 0.